The van der Waals surface area contributed by atoms with Gasteiger partial charge in [-0.3, -0.25) is 9.59 Å². The summed E-state index contributed by atoms with van der Waals surface area (Å²) in [5.74, 6) is -2.23. The largest absolute Gasteiger partial charge is 0.481 e. The van der Waals surface area contributed by atoms with Crippen LogP contribution in [0.15, 0.2) is 18.2 Å². The Balaban J connectivity index is 2.67. The number of aliphatic carboxylic acids is 1. The Kier molecular flexibility index (Phi) is 5.29. The fraction of sp³-hybridized carbons (Fsp3) is 0.385. The lowest BCUT2D eigenvalue weighted by Crippen LogP contribution is -2.18. The first-order valence-corrected chi connectivity index (χ1v) is 5.99. The second-order valence-electron chi connectivity index (χ2n) is 4.31. The van der Waals surface area contributed by atoms with Crippen molar-refractivity contribution in [1.29, 1.82) is 0 Å². The maximum Gasteiger partial charge on any atom is 0.303 e. The highest BCUT2D eigenvalue weighted by molar-refractivity contribution is 5.93. The van der Waals surface area contributed by atoms with Gasteiger partial charge in [-0.1, -0.05) is 13.3 Å². The van der Waals surface area contributed by atoms with E-state index in [1.807, 2.05) is 6.92 Å². The molecule has 104 valence electrons. The number of hydrogen-bond donors (Lipinski definition) is 3. The molecule has 0 spiro atoms. The van der Waals surface area contributed by atoms with E-state index in [-0.39, 0.29) is 23.6 Å². The number of anilines is 1. The van der Waals surface area contributed by atoms with Crippen LogP contribution in [0.2, 0.25) is 0 Å². The Bertz CT molecular complexity index is 477. The number of nitrogens with two attached hydrogens (primary N) is 1. The second-order valence-corrected chi connectivity index (χ2v) is 4.31. The smallest absolute Gasteiger partial charge is 0.303 e. The number of hydrogen-bond acceptors (Lipinski definition) is 3. The monoisotopic (exact) mass is 268 g/mol. The number of halogens is 1. The number of carboxylic acid groups (broad SMARTS) is 1. The molecule has 0 saturated carbocycles. The van der Waals surface area contributed by atoms with Crippen LogP contribution in [0.1, 0.15) is 30.1 Å². The van der Waals surface area contributed by atoms with Gasteiger partial charge in [0, 0.05) is 18.5 Å². The summed E-state index contributed by atoms with van der Waals surface area (Å²) in [7, 11) is 0. The third-order valence-electron chi connectivity index (χ3n) is 2.88. The van der Waals surface area contributed by atoms with Gasteiger partial charge in [0.2, 0.25) is 5.91 Å². The lowest BCUT2D eigenvalue weighted by atomic mass is 10.0. The summed E-state index contributed by atoms with van der Waals surface area (Å²) in [4.78, 5) is 21.5. The lowest BCUT2D eigenvalue weighted by Gasteiger charge is -2.15. The van der Waals surface area contributed by atoms with Crippen molar-refractivity contribution in [3.63, 3.8) is 0 Å². The topological polar surface area (TPSA) is 92.4 Å². The van der Waals surface area contributed by atoms with Crippen molar-refractivity contribution >= 4 is 17.6 Å². The van der Waals surface area contributed by atoms with Crippen LogP contribution < -0.4 is 11.1 Å². The summed E-state index contributed by atoms with van der Waals surface area (Å²) < 4.78 is 13.6. The minimum atomic E-state index is -0.877. The molecule has 1 amide bonds. The molecule has 0 radical (unpaired) electrons. The molecule has 0 aliphatic heterocycles. The van der Waals surface area contributed by atoms with Crippen LogP contribution in [0.3, 0.4) is 0 Å². The van der Waals surface area contributed by atoms with Gasteiger partial charge in [-0.15, -0.1) is 0 Å². The van der Waals surface area contributed by atoms with Crippen LogP contribution in [0.25, 0.3) is 0 Å². The Morgan fingerprint density at radius 3 is 2.63 bits per heavy atom. The second kappa shape index (κ2) is 6.72. The van der Waals surface area contributed by atoms with E-state index in [2.05, 4.69) is 5.32 Å². The summed E-state index contributed by atoms with van der Waals surface area (Å²) in [5, 5.41) is 11.6. The van der Waals surface area contributed by atoms with Gasteiger partial charge in [0.15, 0.2) is 0 Å². The standard InChI is InChI=1S/C13H17FN2O3/c1-2-8(5-12(17)18)7-16-11-4-3-9(13(15)19)6-10(11)14/h3-4,6,8,16H,2,5,7H2,1H3,(H2,15,19)(H,17,18). The highest BCUT2D eigenvalue weighted by Gasteiger charge is 2.12. The number of amides is 1. The summed E-state index contributed by atoms with van der Waals surface area (Å²) in [6.45, 7) is 2.23. The molecule has 4 N–H and O–H groups in total. The van der Waals surface area contributed by atoms with E-state index in [9.17, 15) is 14.0 Å². The molecule has 0 aliphatic rings. The first-order valence-electron chi connectivity index (χ1n) is 5.99. The number of carbonyl (C=O) groups is 2. The molecule has 0 bridgehead atoms. The number of benzene rings is 1. The minimum Gasteiger partial charge on any atom is -0.481 e. The molecule has 6 heteroatoms. The van der Waals surface area contributed by atoms with E-state index in [0.29, 0.717) is 13.0 Å². The van der Waals surface area contributed by atoms with Crippen molar-refractivity contribution in [1.82, 2.24) is 0 Å². The van der Waals surface area contributed by atoms with Gasteiger partial charge in [-0.25, -0.2) is 4.39 Å². The van der Waals surface area contributed by atoms with Gasteiger partial charge in [-0.05, 0) is 24.1 Å². The van der Waals surface area contributed by atoms with Crippen LogP contribution in [0.5, 0.6) is 0 Å². The van der Waals surface area contributed by atoms with Crippen molar-refractivity contribution < 1.29 is 19.1 Å². The third-order valence-corrected chi connectivity index (χ3v) is 2.88. The summed E-state index contributed by atoms with van der Waals surface area (Å²) in [6, 6.07) is 3.90. The Morgan fingerprint density at radius 1 is 1.47 bits per heavy atom. The first kappa shape index (κ1) is 14.9. The molecule has 1 unspecified atom stereocenters. The molecule has 1 rings (SSSR count). The zero-order valence-electron chi connectivity index (χ0n) is 10.6. The number of primary amides is 1. The quantitative estimate of drug-likeness (QED) is 0.703. The molecule has 5 nitrogen and oxygen atoms in total. The van der Waals surface area contributed by atoms with Crippen LogP contribution in [-0.4, -0.2) is 23.5 Å². The van der Waals surface area contributed by atoms with Crippen LogP contribution in [0, 0.1) is 11.7 Å². The molecule has 0 aromatic heterocycles. The van der Waals surface area contributed by atoms with Crippen LogP contribution >= 0.6 is 0 Å². The zero-order valence-corrected chi connectivity index (χ0v) is 10.6. The SMILES string of the molecule is CCC(CNc1ccc(C(N)=O)cc1F)CC(=O)O. The molecule has 0 saturated heterocycles. The van der Waals surface area contributed by atoms with Crippen LogP contribution in [-0.2, 0) is 4.79 Å². The van der Waals surface area contributed by atoms with Gasteiger partial charge >= 0.3 is 5.97 Å². The lowest BCUT2D eigenvalue weighted by molar-refractivity contribution is -0.138. The number of carbonyl (C=O) groups excluding carboxylic acids is 1. The third kappa shape index (κ3) is 4.57. The Hall–Kier alpha value is -2.11. The molecule has 0 fully saturated rings. The number of carboxylic acids is 1. The van der Waals surface area contributed by atoms with Crippen LogP contribution in [0.4, 0.5) is 10.1 Å². The van der Waals surface area contributed by atoms with E-state index < -0.39 is 17.7 Å². The molecule has 0 aliphatic carbocycles. The van der Waals surface area contributed by atoms with Gasteiger partial charge in [0.25, 0.3) is 0 Å². The molecular weight excluding hydrogens is 251 g/mol. The highest BCUT2D eigenvalue weighted by Crippen LogP contribution is 2.17. The zero-order chi connectivity index (χ0) is 14.4. The number of nitrogens with one attached hydrogen (secondary N) is 1. The maximum absolute atomic E-state index is 13.6. The highest BCUT2D eigenvalue weighted by atomic mass is 19.1. The van der Waals surface area contributed by atoms with Crippen molar-refractivity contribution in [3.8, 4) is 0 Å². The summed E-state index contributed by atoms with van der Waals surface area (Å²) >= 11 is 0. The molecule has 1 aromatic carbocycles. The fourth-order valence-electron chi connectivity index (χ4n) is 1.67. The molecule has 1 aromatic rings. The van der Waals surface area contributed by atoms with E-state index >= 15 is 0 Å². The normalized spacial score (nSPS) is 11.9. The van der Waals surface area contributed by atoms with Crippen molar-refractivity contribution in [3.05, 3.63) is 29.6 Å². The summed E-state index contributed by atoms with van der Waals surface area (Å²) in [6.07, 6.45) is 0.713. The maximum atomic E-state index is 13.6. The average Bonchev–Trinajstić information content (AvgIpc) is 2.34. The molecular formula is C13H17FN2O3. The van der Waals surface area contributed by atoms with Gasteiger partial charge in [-0.2, -0.15) is 0 Å². The molecule has 0 heterocycles. The van der Waals surface area contributed by atoms with E-state index in [1.165, 1.54) is 12.1 Å². The Morgan fingerprint density at radius 2 is 2.16 bits per heavy atom. The number of rotatable bonds is 7. The van der Waals surface area contributed by atoms with Crippen molar-refractivity contribution in [2.45, 2.75) is 19.8 Å². The average molecular weight is 268 g/mol. The first-order chi connectivity index (χ1) is 8.93. The van der Waals surface area contributed by atoms with E-state index in [0.717, 1.165) is 6.07 Å². The predicted octanol–water partition coefficient (Wildman–Crippen LogP) is 1.84. The van der Waals surface area contributed by atoms with Crippen molar-refractivity contribution in [2.24, 2.45) is 11.7 Å². The minimum absolute atomic E-state index is 0.0322. The fourth-order valence-corrected chi connectivity index (χ4v) is 1.67. The van der Waals surface area contributed by atoms with Gasteiger partial charge in [0.05, 0.1) is 5.69 Å². The molecule has 19 heavy (non-hydrogen) atoms. The van der Waals surface area contributed by atoms with Crippen molar-refractivity contribution in [2.75, 3.05) is 11.9 Å². The molecule has 1 atom stereocenters. The Labute approximate surface area is 110 Å². The van der Waals surface area contributed by atoms with E-state index in [1.54, 1.807) is 0 Å². The van der Waals surface area contributed by atoms with Gasteiger partial charge in [0.1, 0.15) is 5.82 Å². The van der Waals surface area contributed by atoms with E-state index in [4.69, 9.17) is 10.8 Å². The predicted molar refractivity (Wildman–Crippen MR) is 69.4 cm³/mol. The summed E-state index contributed by atoms with van der Waals surface area (Å²) in [5.41, 5.74) is 5.37. The van der Waals surface area contributed by atoms with Gasteiger partial charge < -0.3 is 16.2 Å².